The van der Waals surface area contributed by atoms with Crippen LogP contribution in [0.3, 0.4) is 0 Å². The van der Waals surface area contributed by atoms with Crippen LogP contribution in [0.4, 0.5) is 5.69 Å². The molecule has 0 aliphatic heterocycles. The molecule has 0 bridgehead atoms. The summed E-state index contributed by atoms with van der Waals surface area (Å²) in [6.07, 6.45) is 1.05. The minimum absolute atomic E-state index is 0.131. The van der Waals surface area contributed by atoms with E-state index in [0.29, 0.717) is 28.1 Å². The van der Waals surface area contributed by atoms with Gasteiger partial charge in [-0.3, -0.25) is 10.1 Å². The fourth-order valence-corrected chi connectivity index (χ4v) is 5.02. The van der Waals surface area contributed by atoms with E-state index in [2.05, 4.69) is 52.5 Å². The van der Waals surface area contributed by atoms with Gasteiger partial charge in [-0.2, -0.15) is 0 Å². The Balaban J connectivity index is 1.36. The molecule has 4 aromatic carbocycles. The van der Waals surface area contributed by atoms with Crippen LogP contribution in [-0.2, 0) is 0 Å². The number of benzene rings is 4. The lowest BCUT2D eigenvalue weighted by Crippen LogP contribution is -2.34. The van der Waals surface area contributed by atoms with E-state index >= 15 is 0 Å². The predicted molar refractivity (Wildman–Crippen MR) is 158 cm³/mol. The molecule has 8 heteroatoms. The van der Waals surface area contributed by atoms with Crippen LogP contribution in [0, 0.1) is 0 Å². The molecule has 0 radical (unpaired) electrons. The Morgan fingerprint density at radius 1 is 1.08 bits per heavy atom. The number of fused-ring (bicyclic) bond motifs is 2. The van der Waals surface area contributed by atoms with E-state index in [-0.39, 0.29) is 11.0 Å². The molecule has 2 N–H and O–H groups in total. The average molecular weight is 593 g/mol. The number of nitrogens with zero attached hydrogens (tertiary/aromatic N) is 1. The van der Waals surface area contributed by atoms with Crippen LogP contribution in [0.5, 0.6) is 0 Å². The molecule has 5 aromatic rings. The summed E-state index contributed by atoms with van der Waals surface area (Å²) in [6, 6.07) is 22.8. The first-order chi connectivity index (χ1) is 17.8. The molecule has 1 unspecified atom stereocenters. The highest BCUT2D eigenvalue weighted by molar-refractivity contribution is 9.10. The molecule has 5 nitrogen and oxygen atoms in total. The Kier molecular flexibility index (Phi) is 7.29. The molecule has 186 valence electrons. The topological polar surface area (TPSA) is 67.2 Å². The lowest BCUT2D eigenvalue weighted by Gasteiger charge is -2.13. The summed E-state index contributed by atoms with van der Waals surface area (Å²) in [5, 5.41) is 8.14. The Morgan fingerprint density at radius 2 is 1.86 bits per heavy atom. The van der Waals surface area contributed by atoms with Crippen LogP contribution in [0.15, 0.2) is 81.7 Å². The number of hydrogen-bond donors (Lipinski definition) is 2. The SMILES string of the molecule is CCC(C)c1ccc2oc(-c3ccc(Cl)c(NC(=S)NC(=O)c4cccc5c(Br)cccc45)c3)nc2c1. The average Bonchev–Trinajstić information content (AvgIpc) is 3.33. The van der Waals surface area contributed by atoms with Crippen molar-refractivity contribution in [3.63, 3.8) is 0 Å². The van der Waals surface area contributed by atoms with Gasteiger partial charge in [0, 0.05) is 15.6 Å². The Bertz CT molecular complexity index is 1670. The number of rotatable bonds is 5. The van der Waals surface area contributed by atoms with Crippen molar-refractivity contribution in [3.05, 3.63) is 93.4 Å². The maximum absolute atomic E-state index is 13.0. The molecule has 1 aromatic heterocycles. The highest BCUT2D eigenvalue weighted by Crippen LogP contribution is 2.32. The molecular weight excluding hydrogens is 570 g/mol. The third kappa shape index (κ3) is 5.25. The van der Waals surface area contributed by atoms with Crippen LogP contribution in [-0.4, -0.2) is 16.0 Å². The van der Waals surface area contributed by atoms with Gasteiger partial charge in [0.15, 0.2) is 10.7 Å². The second kappa shape index (κ2) is 10.6. The molecule has 37 heavy (non-hydrogen) atoms. The van der Waals surface area contributed by atoms with E-state index in [1.54, 1.807) is 18.2 Å². The number of amides is 1. The van der Waals surface area contributed by atoms with E-state index in [0.717, 1.165) is 38.3 Å². The van der Waals surface area contributed by atoms with Gasteiger partial charge in [-0.05, 0) is 83.4 Å². The number of nitrogens with one attached hydrogen (secondary N) is 2. The summed E-state index contributed by atoms with van der Waals surface area (Å²) in [5.41, 5.74) is 4.55. The first-order valence-corrected chi connectivity index (χ1v) is 13.4. The first-order valence-electron chi connectivity index (χ1n) is 11.8. The zero-order valence-electron chi connectivity index (χ0n) is 20.1. The van der Waals surface area contributed by atoms with Gasteiger partial charge in [0.1, 0.15) is 5.52 Å². The van der Waals surface area contributed by atoms with Crippen molar-refractivity contribution in [2.24, 2.45) is 0 Å². The van der Waals surface area contributed by atoms with E-state index in [9.17, 15) is 4.79 Å². The number of thiocarbonyl (C=S) groups is 1. The summed E-state index contributed by atoms with van der Waals surface area (Å²) >= 11 is 15.4. The summed E-state index contributed by atoms with van der Waals surface area (Å²) < 4.78 is 6.92. The zero-order chi connectivity index (χ0) is 26.1. The van der Waals surface area contributed by atoms with Crippen LogP contribution in [0.1, 0.15) is 42.1 Å². The molecule has 5 rings (SSSR count). The number of aromatic nitrogens is 1. The normalized spacial score (nSPS) is 12.0. The maximum Gasteiger partial charge on any atom is 0.258 e. The number of carbonyl (C=O) groups excluding carboxylic acids is 1. The lowest BCUT2D eigenvalue weighted by atomic mass is 9.98. The maximum atomic E-state index is 13.0. The second-order valence-corrected chi connectivity index (χ2v) is 10.5. The Labute approximate surface area is 233 Å². The monoisotopic (exact) mass is 591 g/mol. The summed E-state index contributed by atoms with van der Waals surface area (Å²) in [6.45, 7) is 4.36. The van der Waals surface area contributed by atoms with E-state index in [4.69, 9.17) is 33.2 Å². The summed E-state index contributed by atoms with van der Waals surface area (Å²) in [7, 11) is 0. The Hall–Kier alpha value is -3.26. The van der Waals surface area contributed by atoms with Crippen molar-refractivity contribution in [1.82, 2.24) is 10.3 Å². The molecule has 1 heterocycles. The molecule has 0 aliphatic carbocycles. The largest absolute Gasteiger partial charge is 0.436 e. The Morgan fingerprint density at radius 3 is 2.68 bits per heavy atom. The summed E-state index contributed by atoms with van der Waals surface area (Å²) in [5.74, 6) is 0.611. The van der Waals surface area contributed by atoms with Gasteiger partial charge in [0.25, 0.3) is 5.91 Å². The molecule has 0 fully saturated rings. The molecule has 1 amide bonds. The number of carbonyl (C=O) groups is 1. The van der Waals surface area contributed by atoms with Gasteiger partial charge in [-0.1, -0.05) is 71.7 Å². The smallest absolute Gasteiger partial charge is 0.258 e. The quantitative estimate of drug-likeness (QED) is 0.200. The van der Waals surface area contributed by atoms with Gasteiger partial charge in [0.05, 0.1) is 10.7 Å². The van der Waals surface area contributed by atoms with Crippen molar-refractivity contribution >= 4 is 78.3 Å². The van der Waals surface area contributed by atoms with E-state index in [1.165, 1.54) is 5.56 Å². The zero-order valence-corrected chi connectivity index (χ0v) is 23.3. The van der Waals surface area contributed by atoms with Crippen molar-refractivity contribution < 1.29 is 9.21 Å². The van der Waals surface area contributed by atoms with Crippen molar-refractivity contribution in [1.29, 1.82) is 0 Å². The van der Waals surface area contributed by atoms with Gasteiger partial charge < -0.3 is 9.73 Å². The van der Waals surface area contributed by atoms with Gasteiger partial charge in [-0.15, -0.1) is 0 Å². The number of hydrogen-bond acceptors (Lipinski definition) is 4. The highest BCUT2D eigenvalue weighted by atomic mass is 79.9. The fraction of sp³-hybridized carbons (Fsp3) is 0.138. The predicted octanol–water partition coefficient (Wildman–Crippen LogP) is 8.70. The van der Waals surface area contributed by atoms with Crippen molar-refractivity contribution in [2.75, 3.05) is 5.32 Å². The molecular formula is C29H23BrClN3O2S. The van der Waals surface area contributed by atoms with E-state index < -0.39 is 0 Å². The lowest BCUT2D eigenvalue weighted by molar-refractivity contribution is 0.0979. The van der Waals surface area contributed by atoms with Crippen molar-refractivity contribution in [2.45, 2.75) is 26.2 Å². The third-order valence-corrected chi connectivity index (χ3v) is 7.62. The van der Waals surface area contributed by atoms with Crippen molar-refractivity contribution in [3.8, 4) is 11.5 Å². The first kappa shape index (κ1) is 25.4. The second-order valence-electron chi connectivity index (χ2n) is 8.80. The van der Waals surface area contributed by atoms with Crippen LogP contribution >= 0.6 is 39.7 Å². The molecule has 0 saturated heterocycles. The molecule has 0 spiro atoms. The number of anilines is 1. The minimum Gasteiger partial charge on any atom is -0.436 e. The summed E-state index contributed by atoms with van der Waals surface area (Å²) in [4.78, 5) is 17.7. The van der Waals surface area contributed by atoms with Crippen LogP contribution in [0.25, 0.3) is 33.3 Å². The van der Waals surface area contributed by atoms with E-state index in [1.807, 2.05) is 42.5 Å². The van der Waals surface area contributed by atoms with Crippen LogP contribution in [0.2, 0.25) is 5.02 Å². The minimum atomic E-state index is -0.315. The molecule has 1 atom stereocenters. The number of halogens is 2. The standard InChI is InChI=1S/C29H23BrClN3O2S/c1-3-16(2)17-11-13-26-25(14-17)32-28(36-26)18-10-12-23(31)24(15-18)33-29(37)34-27(35)21-8-4-7-20-19(21)6-5-9-22(20)30/h4-16H,3H2,1-2H3,(H2,33,34,35,37). The third-order valence-electron chi connectivity index (χ3n) is 6.40. The molecule has 0 saturated carbocycles. The molecule has 0 aliphatic rings. The van der Waals surface area contributed by atoms with Gasteiger partial charge in [0.2, 0.25) is 5.89 Å². The highest BCUT2D eigenvalue weighted by Gasteiger charge is 2.15. The van der Waals surface area contributed by atoms with Crippen LogP contribution < -0.4 is 10.6 Å². The fourth-order valence-electron chi connectivity index (χ4n) is 4.16. The van der Waals surface area contributed by atoms with Gasteiger partial charge in [-0.25, -0.2) is 4.98 Å². The number of oxazole rings is 1. The van der Waals surface area contributed by atoms with Gasteiger partial charge >= 0.3 is 0 Å².